The molecule has 0 radical (unpaired) electrons. The van der Waals surface area contributed by atoms with Crippen molar-refractivity contribution >= 4 is 0 Å². The quantitative estimate of drug-likeness (QED) is 0.430. The Bertz CT molecular complexity index is 78.8. The van der Waals surface area contributed by atoms with Crippen molar-refractivity contribution in [2.75, 3.05) is 13.6 Å². The van der Waals surface area contributed by atoms with Gasteiger partial charge in [0.25, 0.3) is 0 Å². The molecular weight excluding hydrogens is 122 g/mol. The number of hydrogen-bond acceptors (Lipinski definition) is 4. The second-order valence-electron chi connectivity index (χ2n) is 2.02. The molecule has 56 valence electrons. The van der Waals surface area contributed by atoms with E-state index in [0.29, 0.717) is 6.54 Å². The molecule has 0 rings (SSSR count). The molecule has 0 heterocycles. The van der Waals surface area contributed by atoms with Crippen molar-refractivity contribution in [1.82, 2.24) is 4.90 Å². The van der Waals surface area contributed by atoms with Crippen LogP contribution in [0.3, 0.4) is 0 Å². The molecule has 3 N–H and O–H groups in total. The summed E-state index contributed by atoms with van der Waals surface area (Å²) < 4.78 is 0. The zero-order chi connectivity index (χ0) is 7.49. The Morgan fingerprint density at radius 3 is 1.89 bits per heavy atom. The molecule has 0 saturated heterocycles. The lowest BCUT2D eigenvalue weighted by Gasteiger charge is -2.25. The molecule has 0 spiro atoms. The first kappa shape index (κ1) is 8.84. The summed E-state index contributed by atoms with van der Waals surface area (Å²) in [6.45, 7) is 2.33. The maximum atomic E-state index is 8.45. The Morgan fingerprint density at radius 2 is 1.78 bits per heavy atom. The van der Waals surface area contributed by atoms with Crippen LogP contribution in [0.1, 0.15) is 13.3 Å². The molecule has 0 aliphatic heterocycles. The zero-order valence-corrected chi connectivity index (χ0v) is 5.70. The summed E-state index contributed by atoms with van der Waals surface area (Å²) in [5, 5.41) is 25.4. The van der Waals surface area contributed by atoms with E-state index >= 15 is 0 Å². The third-order valence-electron chi connectivity index (χ3n) is 1.07. The highest BCUT2D eigenvalue weighted by Gasteiger charge is 2.23. The van der Waals surface area contributed by atoms with Gasteiger partial charge in [0, 0.05) is 6.54 Å². The van der Waals surface area contributed by atoms with Gasteiger partial charge in [0.1, 0.15) is 0 Å². The number of rotatable bonds is 3. The first-order valence-corrected chi connectivity index (χ1v) is 2.86. The Hall–Kier alpha value is -0.160. The van der Waals surface area contributed by atoms with E-state index in [0.717, 1.165) is 11.3 Å². The maximum absolute atomic E-state index is 8.45. The summed E-state index contributed by atoms with van der Waals surface area (Å²) in [6.07, 6.45) is -1.89. The van der Waals surface area contributed by atoms with Crippen molar-refractivity contribution < 1.29 is 15.3 Å². The fourth-order valence-corrected chi connectivity index (χ4v) is 0.485. The molecule has 0 amide bonds. The normalized spacial score (nSPS) is 12.7. The predicted molar refractivity (Wildman–Crippen MR) is 32.3 cm³/mol. The molecule has 4 nitrogen and oxygen atoms in total. The lowest BCUT2D eigenvalue weighted by Crippen LogP contribution is -2.46. The first-order valence-electron chi connectivity index (χ1n) is 2.86. The van der Waals surface area contributed by atoms with Crippen LogP contribution >= 0.6 is 0 Å². The number of aliphatic hydroxyl groups is 3. The van der Waals surface area contributed by atoms with Gasteiger partial charge in [0.15, 0.2) is 0 Å². The topological polar surface area (TPSA) is 63.9 Å². The average Bonchev–Trinajstić information content (AvgIpc) is 1.64. The standard InChI is InChI=1S/C5H13NO3/c1-3-4-6(2)5(7,8)9/h7-9H,3-4H2,1-2H3. The van der Waals surface area contributed by atoms with Crippen LogP contribution in [-0.4, -0.2) is 39.9 Å². The van der Waals surface area contributed by atoms with Crippen LogP contribution in [0.15, 0.2) is 0 Å². The third-order valence-corrected chi connectivity index (χ3v) is 1.07. The van der Waals surface area contributed by atoms with E-state index in [9.17, 15) is 0 Å². The molecule has 0 aliphatic rings. The summed E-state index contributed by atoms with van der Waals surface area (Å²) in [4.78, 5) is 1.03. The molecule has 0 aromatic heterocycles. The predicted octanol–water partition coefficient (Wildman–Crippen LogP) is -1.08. The van der Waals surface area contributed by atoms with Crippen LogP contribution in [-0.2, 0) is 0 Å². The lowest BCUT2D eigenvalue weighted by molar-refractivity contribution is -0.387. The fourth-order valence-electron chi connectivity index (χ4n) is 0.485. The monoisotopic (exact) mass is 135 g/mol. The van der Waals surface area contributed by atoms with E-state index in [-0.39, 0.29) is 0 Å². The van der Waals surface area contributed by atoms with Gasteiger partial charge in [0.2, 0.25) is 0 Å². The molecular formula is C5H13NO3. The van der Waals surface area contributed by atoms with Gasteiger partial charge in [-0.25, -0.2) is 4.90 Å². The van der Waals surface area contributed by atoms with Crippen LogP contribution in [0.5, 0.6) is 0 Å². The van der Waals surface area contributed by atoms with Gasteiger partial charge in [-0.1, -0.05) is 6.92 Å². The summed E-state index contributed by atoms with van der Waals surface area (Å²) in [7, 11) is 1.42. The summed E-state index contributed by atoms with van der Waals surface area (Å²) in [5.41, 5.74) is 0. The lowest BCUT2D eigenvalue weighted by atomic mass is 10.4. The second kappa shape index (κ2) is 3.12. The van der Waals surface area contributed by atoms with Crippen molar-refractivity contribution in [1.29, 1.82) is 0 Å². The largest absolute Gasteiger partial charge is 0.345 e. The molecule has 0 unspecified atom stereocenters. The minimum Gasteiger partial charge on any atom is -0.330 e. The molecule has 0 aromatic rings. The molecule has 0 atom stereocenters. The van der Waals surface area contributed by atoms with Crippen molar-refractivity contribution in [3.63, 3.8) is 0 Å². The Morgan fingerprint density at radius 1 is 1.33 bits per heavy atom. The van der Waals surface area contributed by atoms with Gasteiger partial charge in [-0.2, -0.15) is 0 Å². The third kappa shape index (κ3) is 3.42. The van der Waals surface area contributed by atoms with Crippen molar-refractivity contribution in [2.45, 2.75) is 19.4 Å². The van der Waals surface area contributed by atoms with Crippen molar-refractivity contribution in [3.05, 3.63) is 0 Å². The van der Waals surface area contributed by atoms with Gasteiger partial charge < -0.3 is 15.3 Å². The number of hydrogen-bond donors (Lipinski definition) is 3. The SMILES string of the molecule is CCCN(C)C(O)(O)O. The first-order chi connectivity index (χ1) is 3.98. The van der Waals surface area contributed by atoms with Gasteiger partial charge in [0.05, 0.1) is 0 Å². The van der Waals surface area contributed by atoms with Crippen LogP contribution < -0.4 is 0 Å². The molecule has 0 aliphatic carbocycles. The highest BCUT2D eigenvalue weighted by Crippen LogP contribution is 1.99. The molecule has 9 heavy (non-hydrogen) atoms. The zero-order valence-electron chi connectivity index (χ0n) is 5.70. The van der Waals surface area contributed by atoms with E-state index in [1.54, 1.807) is 0 Å². The van der Waals surface area contributed by atoms with Crippen LogP contribution in [0.4, 0.5) is 0 Å². The Balaban J connectivity index is 3.59. The minimum atomic E-state index is -2.66. The van der Waals surface area contributed by atoms with E-state index in [1.807, 2.05) is 6.92 Å². The van der Waals surface area contributed by atoms with E-state index in [4.69, 9.17) is 15.3 Å². The highest BCUT2D eigenvalue weighted by atomic mass is 16.7. The molecule has 4 heteroatoms. The van der Waals surface area contributed by atoms with Gasteiger partial charge in [-0.3, -0.25) is 0 Å². The molecule has 0 aromatic carbocycles. The Labute approximate surface area is 54.3 Å². The van der Waals surface area contributed by atoms with Crippen molar-refractivity contribution in [3.8, 4) is 0 Å². The maximum Gasteiger partial charge on any atom is 0.345 e. The highest BCUT2D eigenvalue weighted by molar-refractivity contribution is 4.48. The van der Waals surface area contributed by atoms with Gasteiger partial charge >= 0.3 is 6.10 Å². The van der Waals surface area contributed by atoms with E-state index < -0.39 is 6.10 Å². The minimum absolute atomic E-state index is 0.448. The van der Waals surface area contributed by atoms with Crippen LogP contribution in [0.2, 0.25) is 0 Å². The van der Waals surface area contributed by atoms with E-state index in [2.05, 4.69) is 0 Å². The van der Waals surface area contributed by atoms with E-state index in [1.165, 1.54) is 7.05 Å². The summed E-state index contributed by atoms with van der Waals surface area (Å²) in [5.74, 6) is 0. The van der Waals surface area contributed by atoms with Crippen LogP contribution in [0.25, 0.3) is 0 Å². The summed E-state index contributed by atoms with van der Waals surface area (Å²) in [6, 6.07) is 0. The van der Waals surface area contributed by atoms with Crippen LogP contribution in [0, 0.1) is 0 Å². The smallest absolute Gasteiger partial charge is 0.330 e. The van der Waals surface area contributed by atoms with Gasteiger partial charge in [-0.15, -0.1) is 0 Å². The molecule has 0 saturated carbocycles. The Kier molecular flexibility index (Phi) is 3.07. The molecule has 0 fully saturated rings. The second-order valence-corrected chi connectivity index (χ2v) is 2.02. The van der Waals surface area contributed by atoms with Crippen molar-refractivity contribution in [2.24, 2.45) is 0 Å². The van der Waals surface area contributed by atoms with Gasteiger partial charge in [-0.05, 0) is 13.5 Å². The number of nitrogens with zero attached hydrogens (tertiary/aromatic N) is 1. The fraction of sp³-hybridized carbons (Fsp3) is 1.00. The molecule has 0 bridgehead atoms. The summed E-state index contributed by atoms with van der Waals surface area (Å²) >= 11 is 0. The average molecular weight is 135 g/mol.